The molecule has 0 unspecified atom stereocenters. The van der Waals surface area contributed by atoms with Crippen LogP contribution >= 0.6 is 0 Å². The van der Waals surface area contributed by atoms with Crippen LogP contribution in [0.3, 0.4) is 0 Å². The molecule has 4 saturated carbocycles. The summed E-state index contributed by atoms with van der Waals surface area (Å²) in [5, 5.41) is 10.7. The van der Waals surface area contributed by atoms with Gasteiger partial charge in [-0.3, -0.25) is 4.57 Å². The van der Waals surface area contributed by atoms with Crippen LogP contribution in [0.15, 0.2) is 6.33 Å². The number of imidazole rings is 1. The molecule has 0 amide bonds. The van der Waals surface area contributed by atoms with E-state index in [1.165, 1.54) is 30.2 Å². The first-order valence-electron chi connectivity index (χ1n) is 11.6. The number of carbonyl (C=O) groups excluding carboxylic acids is 1. The lowest BCUT2D eigenvalue weighted by Gasteiger charge is -2.55. The Kier molecular flexibility index (Phi) is 4.76. The minimum absolute atomic E-state index is 0.0502. The van der Waals surface area contributed by atoms with Gasteiger partial charge >= 0.3 is 12.2 Å². The molecule has 0 spiro atoms. The van der Waals surface area contributed by atoms with Crippen molar-refractivity contribution in [2.45, 2.75) is 68.5 Å². The molecule has 5 fully saturated rings. The summed E-state index contributed by atoms with van der Waals surface area (Å²) >= 11 is 0. The third kappa shape index (κ3) is 3.39. The van der Waals surface area contributed by atoms with Gasteiger partial charge in [0.2, 0.25) is 0 Å². The summed E-state index contributed by atoms with van der Waals surface area (Å²) in [6.45, 7) is -0.384. The summed E-state index contributed by atoms with van der Waals surface area (Å²) in [5.74, 6) is 4.17. The number of aliphatic hydroxyl groups excluding tert-OH is 1. The predicted molar refractivity (Wildman–Crippen MR) is 115 cm³/mol. The lowest BCUT2D eigenvalue weighted by Crippen LogP contribution is -2.53. The van der Waals surface area contributed by atoms with E-state index >= 15 is 0 Å². The smallest absolute Gasteiger partial charge is 0.430 e. The van der Waals surface area contributed by atoms with Crippen LogP contribution in [0.25, 0.3) is 11.2 Å². The highest BCUT2D eigenvalue weighted by atomic mass is 19.1. The van der Waals surface area contributed by atoms with Gasteiger partial charge in [0.05, 0.1) is 6.33 Å². The SMILES string of the molecule is C#C[C@]1(COC(=O)OC23CC4CC(CC(C4)C2)C3)O[C@@H](n2cnc3c(N)nc(F)nc32)C[C@@H]1O. The molecule has 0 radical (unpaired) electrons. The first-order valence-corrected chi connectivity index (χ1v) is 11.6. The number of aliphatic hydroxyl groups is 1. The number of nitrogens with two attached hydrogens (primary N) is 1. The van der Waals surface area contributed by atoms with Crippen LogP contribution < -0.4 is 5.73 Å². The molecule has 1 saturated heterocycles. The number of ether oxygens (including phenoxy) is 3. The van der Waals surface area contributed by atoms with Crippen LogP contribution in [-0.4, -0.2) is 54.7 Å². The van der Waals surface area contributed by atoms with Gasteiger partial charge in [-0.1, -0.05) is 5.92 Å². The van der Waals surface area contributed by atoms with Gasteiger partial charge in [-0.15, -0.1) is 6.42 Å². The number of halogens is 1. The van der Waals surface area contributed by atoms with Gasteiger partial charge in [-0.05, 0) is 56.3 Å². The summed E-state index contributed by atoms with van der Waals surface area (Å²) in [5.41, 5.74) is 3.98. The molecular weight excluding hydrogens is 445 g/mol. The number of nitrogen functional groups attached to an aromatic ring is 1. The highest BCUT2D eigenvalue weighted by molar-refractivity contribution is 5.81. The van der Waals surface area contributed by atoms with Crippen LogP contribution in [0.4, 0.5) is 15.0 Å². The molecule has 4 aliphatic carbocycles. The van der Waals surface area contributed by atoms with Gasteiger partial charge in [0.15, 0.2) is 22.6 Å². The average Bonchev–Trinajstić information content (AvgIpc) is 3.32. The van der Waals surface area contributed by atoms with E-state index in [2.05, 4.69) is 20.9 Å². The fraction of sp³-hybridized carbons (Fsp3) is 0.652. The van der Waals surface area contributed by atoms with E-state index < -0.39 is 35.8 Å². The zero-order chi connectivity index (χ0) is 23.7. The van der Waals surface area contributed by atoms with Crippen LogP contribution in [0.2, 0.25) is 0 Å². The number of hydrogen-bond acceptors (Lipinski definition) is 9. The van der Waals surface area contributed by atoms with Crippen molar-refractivity contribution in [3.05, 3.63) is 12.4 Å². The Morgan fingerprint density at radius 2 is 1.94 bits per heavy atom. The van der Waals surface area contributed by atoms with E-state index in [4.69, 9.17) is 26.4 Å². The zero-order valence-corrected chi connectivity index (χ0v) is 18.5. The second-order valence-electron chi connectivity index (χ2n) is 10.3. The second-order valence-corrected chi connectivity index (χ2v) is 10.3. The molecule has 3 heterocycles. The number of aromatic nitrogens is 4. The maximum absolute atomic E-state index is 13.7. The average molecular weight is 471 g/mol. The van der Waals surface area contributed by atoms with Gasteiger partial charge in [-0.25, -0.2) is 9.78 Å². The third-order valence-corrected chi connectivity index (χ3v) is 7.97. The minimum Gasteiger partial charge on any atom is -0.430 e. The van der Waals surface area contributed by atoms with E-state index in [9.17, 15) is 14.3 Å². The first-order chi connectivity index (χ1) is 16.3. The Labute approximate surface area is 195 Å². The first kappa shape index (κ1) is 21.6. The maximum atomic E-state index is 13.7. The summed E-state index contributed by atoms with van der Waals surface area (Å²) in [7, 11) is 0. The Morgan fingerprint density at radius 1 is 1.26 bits per heavy atom. The highest BCUT2D eigenvalue weighted by Crippen LogP contribution is 2.57. The molecule has 180 valence electrons. The maximum Gasteiger partial charge on any atom is 0.508 e. The fourth-order valence-corrected chi connectivity index (χ4v) is 6.87. The van der Waals surface area contributed by atoms with Gasteiger partial charge in [-0.2, -0.15) is 14.4 Å². The fourth-order valence-electron chi connectivity index (χ4n) is 6.87. The van der Waals surface area contributed by atoms with Crippen LogP contribution in [0.5, 0.6) is 0 Å². The largest absolute Gasteiger partial charge is 0.508 e. The van der Waals surface area contributed by atoms with Crippen molar-refractivity contribution < 1.29 is 28.5 Å². The molecule has 11 heteroatoms. The molecule has 2 aromatic rings. The second kappa shape index (κ2) is 7.52. The van der Waals surface area contributed by atoms with Gasteiger partial charge < -0.3 is 25.1 Å². The zero-order valence-electron chi connectivity index (χ0n) is 18.5. The van der Waals surface area contributed by atoms with Gasteiger partial charge in [0.25, 0.3) is 0 Å². The summed E-state index contributed by atoms with van der Waals surface area (Å²) in [4.78, 5) is 24.0. The number of carbonyl (C=O) groups is 1. The van der Waals surface area contributed by atoms with Crippen LogP contribution in [-0.2, 0) is 14.2 Å². The number of nitrogens with zero attached hydrogens (tertiary/aromatic N) is 4. The Bertz CT molecular complexity index is 1160. The van der Waals surface area contributed by atoms with Crippen molar-refractivity contribution in [3.63, 3.8) is 0 Å². The van der Waals surface area contributed by atoms with Gasteiger partial charge in [0, 0.05) is 6.42 Å². The Hall–Kier alpha value is -2.97. The van der Waals surface area contributed by atoms with E-state index in [0.717, 1.165) is 19.3 Å². The van der Waals surface area contributed by atoms with E-state index in [0.29, 0.717) is 17.8 Å². The van der Waals surface area contributed by atoms with Crippen LogP contribution in [0.1, 0.15) is 51.2 Å². The molecule has 0 aromatic carbocycles. The van der Waals surface area contributed by atoms with Gasteiger partial charge in [0.1, 0.15) is 24.5 Å². The number of rotatable bonds is 4. The summed E-state index contributed by atoms with van der Waals surface area (Å²) in [6.07, 6.45) is 9.65. The Morgan fingerprint density at radius 3 is 2.59 bits per heavy atom. The summed E-state index contributed by atoms with van der Waals surface area (Å²) < 4.78 is 32.4. The minimum atomic E-state index is -1.60. The molecule has 2 aromatic heterocycles. The van der Waals surface area contributed by atoms with E-state index in [1.807, 2.05) is 0 Å². The monoisotopic (exact) mass is 471 g/mol. The molecule has 1 aliphatic heterocycles. The third-order valence-electron chi connectivity index (χ3n) is 7.97. The number of terminal acetylenes is 1. The van der Waals surface area contributed by atoms with Crippen molar-refractivity contribution in [2.24, 2.45) is 17.8 Å². The predicted octanol–water partition coefficient (Wildman–Crippen LogP) is 2.32. The number of anilines is 1. The molecule has 10 nitrogen and oxygen atoms in total. The topological polar surface area (TPSA) is 135 Å². The molecule has 4 bridgehead atoms. The normalized spacial score (nSPS) is 38.2. The van der Waals surface area contributed by atoms with Crippen molar-refractivity contribution in [1.29, 1.82) is 0 Å². The molecular formula is C23H26FN5O5. The van der Waals surface area contributed by atoms with Crippen molar-refractivity contribution in [1.82, 2.24) is 19.5 Å². The van der Waals surface area contributed by atoms with E-state index in [-0.39, 0.29) is 30.0 Å². The van der Waals surface area contributed by atoms with Crippen molar-refractivity contribution in [3.8, 4) is 12.3 Å². The van der Waals surface area contributed by atoms with Crippen molar-refractivity contribution >= 4 is 23.1 Å². The lowest BCUT2D eigenvalue weighted by molar-refractivity contribution is -0.152. The lowest BCUT2D eigenvalue weighted by atomic mass is 9.54. The van der Waals surface area contributed by atoms with Crippen LogP contribution in [0, 0.1) is 36.2 Å². The highest BCUT2D eigenvalue weighted by Gasteiger charge is 2.54. The molecule has 3 atom stereocenters. The molecule has 5 aliphatic rings. The van der Waals surface area contributed by atoms with E-state index in [1.54, 1.807) is 0 Å². The number of fused-ring (bicyclic) bond motifs is 1. The molecule has 3 N–H and O–H groups in total. The standard InChI is InChI=1S/C23H26FN5O5/c1-2-23(10-32-21(31)34-22-7-12-3-13(8-22)5-14(4-12)9-22)15(30)6-16(33-23)29-11-26-17-18(25)27-20(24)28-19(17)29/h1,11-16,30H,3-10H2,(H2,25,27,28)/t12?,13?,14?,15-,16+,22?,23+/m0/s1. The quantitative estimate of drug-likeness (QED) is 0.391. The molecule has 7 rings (SSSR count). The summed E-state index contributed by atoms with van der Waals surface area (Å²) in [6, 6.07) is 0. The van der Waals surface area contributed by atoms with Crippen molar-refractivity contribution in [2.75, 3.05) is 12.3 Å². The Balaban J connectivity index is 1.15. The number of hydrogen-bond donors (Lipinski definition) is 2. The molecule has 34 heavy (non-hydrogen) atoms.